The molecule has 0 fully saturated rings. The molecule has 0 saturated carbocycles. The molecule has 0 spiro atoms. The summed E-state index contributed by atoms with van der Waals surface area (Å²) in [6.45, 7) is 9.27. The Kier molecular flexibility index (Phi) is 8.35. The van der Waals surface area contributed by atoms with Crippen LogP contribution in [0.5, 0.6) is 0 Å². The van der Waals surface area contributed by atoms with Crippen molar-refractivity contribution >= 4 is 39.7 Å². The molecule has 2 nitrogen and oxygen atoms in total. The van der Waals surface area contributed by atoms with Gasteiger partial charge in [-0.05, 0) is 167 Å². The van der Waals surface area contributed by atoms with Gasteiger partial charge >= 0.3 is 0 Å². The summed E-state index contributed by atoms with van der Waals surface area (Å²) in [5.74, 6) is 1.30. The van der Waals surface area contributed by atoms with Gasteiger partial charge in [-0.25, -0.2) is 0 Å². The molecule has 2 atom stereocenters. The lowest BCUT2D eigenvalue weighted by molar-refractivity contribution is 0.570. The van der Waals surface area contributed by atoms with Gasteiger partial charge in [-0.3, -0.25) is 0 Å². The quantitative estimate of drug-likeness (QED) is 0.167. The summed E-state index contributed by atoms with van der Waals surface area (Å²) in [5.41, 5.74) is 23.4. The van der Waals surface area contributed by atoms with Crippen LogP contribution >= 0.6 is 0 Å². The van der Waals surface area contributed by atoms with E-state index in [0.717, 1.165) is 36.3 Å². The van der Waals surface area contributed by atoms with Crippen molar-refractivity contribution in [1.29, 1.82) is 0 Å². The van der Waals surface area contributed by atoms with E-state index in [2.05, 4.69) is 202 Å². The minimum Gasteiger partial charge on any atom is -0.456 e. The smallest absolute Gasteiger partial charge is 0.135 e. The van der Waals surface area contributed by atoms with Crippen LogP contribution in [0.4, 0.5) is 17.1 Å². The molecule has 8 aromatic rings. The third-order valence-electron chi connectivity index (χ3n) is 15.1. The number of furan rings is 1. The van der Waals surface area contributed by atoms with Gasteiger partial charge in [0, 0.05) is 39.3 Å². The number of fused-ring (bicyclic) bond motifs is 8. The summed E-state index contributed by atoms with van der Waals surface area (Å²) >= 11 is 0. The monoisotopic (exact) mass is 801 g/mol. The van der Waals surface area contributed by atoms with Crippen LogP contribution in [-0.4, -0.2) is 0 Å². The lowest BCUT2D eigenvalue weighted by Gasteiger charge is -2.38. The van der Waals surface area contributed by atoms with E-state index in [1.165, 1.54) is 96.4 Å². The fourth-order valence-corrected chi connectivity index (χ4v) is 12.2. The van der Waals surface area contributed by atoms with E-state index >= 15 is 0 Å². The van der Waals surface area contributed by atoms with Gasteiger partial charge in [0.05, 0.1) is 5.41 Å². The highest BCUT2D eigenvalue weighted by molar-refractivity contribution is 5.90. The van der Waals surface area contributed by atoms with Gasteiger partial charge in [0.2, 0.25) is 0 Å². The SMILES string of the molecule is Cc1ccccc1-c1cc(N(c2cccc(C3(c4ccccc4)C4=C(CCCC4)c4ccccc43)c2)c2ccc3c(c2)C2Cc4c(oc5ccccc45)C=C2C3(C)C)ccc1C. The Labute approximate surface area is 365 Å². The number of nitrogens with zero attached hydrogens (tertiary/aromatic N) is 1. The van der Waals surface area contributed by atoms with Gasteiger partial charge in [0.1, 0.15) is 11.3 Å². The topological polar surface area (TPSA) is 16.4 Å². The van der Waals surface area contributed by atoms with Gasteiger partial charge in [0.25, 0.3) is 0 Å². The van der Waals surface area contributed by atoms with Crippen molar-refractivity contribution in [2.24, 2.45) is 0 Å². The molecule has 0 aliphatic heterocycles. The molecular weight excluding hydrogens is 751 g/mol. The second-order valence-electron chi connectivity index (χ2n) is 18.7. The van der Waals surface area contributed by atoms with Gasteiger partial charge < -0.3 is 9.32 Å². The first-order chi connectivity index (χ1) is 30.3. The molecule has 1 heterocycles. The number of benzene rings is 7. The molecule has 2 heteroatoms. The van der Waals surface area contributed by atoms with Crippen LogP contribution in [-0.2, 0) is 17.3 Å². The summed E-state index contributed by atoms with van der Waals surface area (Å²) in [6, 6.07) is 61.9. The van der Waals surface area contributed by atoms with Gasteiger partial charge in [0.15, 0.2) is 0 Å². The summed E-state index contributed by atoms with van der Waals surface area (Å²) < 4.78 is 6.49. The molecule has 0 radical (unpaired) electrons. The number of rotatable bonds is 6. The number of allylic oxidation sites excluding steroid dienone is 3. The van der Waals surface area contributed by atoms with Crippen LogP contribution < -0.4 is 4.90 Å². The number of hydrogen-bond donors (Lipinski definition) is 0. The Morgan fingerprint density at radius 3 is 2.13 bits per heavy atom. The third-order valence-corrected chi connectivity index (χ3v) is 15.1. The lowest BCUT2D eigenvalue weighted by Crippen LogP contribution is -2.30. The second kappa shape index (κ2) is 13.9. The van der Waals surface area contributed by atoms with Crippen LogP contribution in [0.1, 0.15) is 101 Å². The molecule has 0 bridgehead atoms. The van der Waals surface area contributed by atoms with E-state index in [1.807, 2.05) is 0 Å². The Hall–Kier alpha value is -6.64. The number of para-hydroxylation sites is 1. The minimum atomic E-state index is -0.371. The maximum Gasteiger partial charge on any atom is 0.135 e. The average molecular weight is 802 g/mol. The third kappa shape index (κ3) is 5.35. The van der Waals surface area contributed by atoms with Crippen molar-refractivity contribution in [2.45, 2.75) is 76.5 Å². The predicted octanol–water partition coefficient (Wildman–Crippen LogP) is 15.9. The highest BCUT2D eigenvalue weighted by atomic mass is 16.3. The maximum atomic E-state index is 6.49. The van der Waals surface area contributed by atoms with Crippen molar-refractivity contribution < 1.29 is 4.42 Å². The van der Waals surface area contributed by atoms with E-state index in [-0.39, 0.29) is 16.7 Å². The molecule has 4 aliphatic carbocycles. The zero-order valence-electron chi connectivity index (χ0n) is 36.1. The molecule has 12 rings (SSSR count). The van der Waals surface area contributed by atoms with Crippen molar-refractivity contribution in [2.75, 3.05) is 4.90 Å². The van der Waals surface area contributed by atoms with Crippen LogP contribution in [0.15, 0.2) is 179 Å². The van der Waals surface area contributed by atoms with Gasteiger partial charge in [-0.1, -0.05) is 135 Å². The number of anilines is 3. The van der Waals surface area contributed by atoms with E-state index in [9.17, 15) is 0 Å². The minimum absolute atomic E-state index is 0.120. The standard InChI is InChI=1S/C60H51NO/c1-38-17-8-9-22-45(38)49-34-43(30-29-39(49)2)61(44-31-32-53-50(35-44)51-36-52-48-25-12-15-28-57(48)62-58(52)37-56(51)59(53,3)4)42-21-16-20-41(33-42)60(40-18-6-5-7-19-40)54-26-13-10-23-46(54)47-24-11-14-27-55(47)60/h5-10,12-13,15-23,25-26,28-35,37,51H,11,14,24,27,36H2,1-4H3. The predicted molar refractivity (Wildman–Crippen MR) is 258 cm³/mol. The fourth-order valence-electron chi connectivity index (χ4n) is 12.2. The van der Waals surface area contributed by atoms with Gasteiger partial charge in [-0.2, -0.15) is 0 Å². The second-order valence-corrected chi connectivity index (χ2v) is 18.7. The Morgan fingerprint density at radius 2 is 1.26 bits per heavy atom. The largest absolute Gasteiger partial charge is 0.456 e. The maximum absolute atomic E-state index is 6.49. The zero-order chi connectivity index (χ0) is 41.7. The molecule has 7 aromatic carbocycles. The first kappa shape index (κ1) is 37.1. The summed E-state index contributed by atoms with van der Waals surface area (Å²) in [4.78, 5) is 2.54. The molecule has 302 valence electrons. The summed E-state index contributed by atoms with van der Waals surface area (Å²) in [6.07, 6.45) is 8.01. The highest BCUT2D eigenvalue weighted by Crippen LogP contribution is 2.60. The first-order valence-corrected chi connectivity index (χ1v) is 22.6. The summed E-state index contributed by atoms with van der Waals surface area (Å²) in [5, 5.41) is 1.24. The van der Waals surface area contributed by atoms with Crippen molar-refractivity contribution in [3.8, 4) is 11.1 Å². The Bertz CT molecular complexity index is 3170. The molecular formula is C60H51NO. The normalized spacial score (nSPS) is 19.4. The molecule has 0 amide bonds. The van der Waals surface area contributed by atoms with Gasteiger partial charge in [-0.15, -0.1) is 0 Å². The lowest BCUT2D eigenvalue weighted by atomic mass is 9.65. The molecule has 2 unspecified atom stereocenters. The van der Waals surface area contributed by atoms with E-state index in [4.69, 9.17) is 4.42 Å². The van der Waals surface area contributed by atoms with Crippen LogP contribution in [0, 0.1) is 13.8 Å². The molecule has 1 aromatic heterocycles. The van der Waals surface area contributed by atoms with Crippen molar-refractivity contribution in [3.05, 3.63) is 231 Å². The van der Waals surface area contributed by atoms with E-state index in [0.29, 0.717) is 0 Å². The Morgan fingerprint density at radius 1 is 0.565 bits per heavy atom. The number of hydrogen-bond acceptors (Lipinski definition) is 2. The molecule has 4 aliphatic rings. The molecule has 0 saturated heterocycles. The van der Waals surface area contributed by atoms with Crippen molar-refractivity contribution in [1.82, 2.24) is 0 Å². The molecule has 0 N–H and O–H groups in total. The first-order valence-electron chi connectivity index (χ1n) is 22.6. The number of aryl methyl sites for hydroxylation is 2. The van der Waals surface area contributed by atoms with Crippen LogP contribution in [0.3, 0.4) is 0 Å². The zero-order valence-corrected chi connectivity index (χ0v) is 36.1. The van der Waals surface area contributed by atoms with Crippen LogP contribution in [0.25, 0.3) is 33.7 Å². The highest BCUT2D eigenvalue weighted by Gasteiger charge is 2.48. The molecule has 62 heavy (non-hydrogen) atoms. The van der Waals surface area contributed by atoms with Crippen LogP contribution in [0.2, 0.25) is 0 Å². The average Bonchev–Trinajstić information content (AvgIpc) is 3.90. The Balaban J connectivity index is 1.08. The van der Waals surface area contributed by atoms with E-state index in [1.54, 1.807) is 11.1 Å². The van der Waals surface area contributed by atoms with E-state index < -0.39 is 0 Å². The summed E-state index contributed by atoms with van der Waals surface area (Å²) in [7, 11) is 0. The van der Waals surface area contributed by atoms with Crippen molar-refractivity contribution in [3.63, 3.8) is 0 Å². The fraction of sp³-hybridized carbons (Fsp3) is 0.200.